The van der Waals surface area contributed by atoms with Crippen molar-refractivity contribution in [2.45, 2.75) is 12.5 Å². The Kier molecular flexibility index (Phi) is 12.9. The molecule has 3 heterocycles. The number of nitrogens with one attached hydrogen (secondary N) is 6. The Bertz CT molecular complexity index is 2660. The van der Waals surface area contributed by atoms with Gasteiger partial charge < -0.3 is 51.4 Å². The maximum absolute atomic E-state index is 13.5. The number of H-pyrrole nitrogens is 1. The minimum absolute atomic E-state index is 0.0190. The third-order valence-corrected chi connectivity index (χ3v) is 8.77. The maximum Gasteiger partial charge on any atom is 0.339 e. The van der Waals surface area contributed by atoms with Crippen molar-refractivity contribution in [3.63, 3.8) is 0 Å². The van der Waals surface area contributed by atoms with Crippen LogP contribution in [0.2, 0.25) is 0 Å². The van der Waals surface area contributed by atoms with Crippen LogP contribution in [0.1, 0.15) is 57.7 Å². The zero-order chi connectivity index (χ0) is 44.5. The summed E-state index contributed by atoms with van der Waals surface area (Å²) in [5.41, 5.74) is -0.133. The van der Waals surface area contributed by atoms with E-state index in [1.54, 1.807) is 0 Å². The van der Waals surface area contributed by atoms with Gasteiger partial charge in [0.2, 0.25) is 5.91 Å². The van der Waals surface area contributed by atoms with Gasteiger partial charge in [-0.1, -0.05) is 0 Å². The second-order valence-electron chi connectivity index (χ2n) is 12.8. The molecular weight excluding hydrogens is 815 g/mol. The topological polar surface area (TPSA) is 309 Å². The number of halogens is 1. The first-order valence-corrected chi connectivity index (χ1v) is 17.9. The highest BCUT2D eigenvalue weighted by atomic mass is 19.1. The molecule has 0 aliphatic rings. The third-order valence-electron chi connectivity index (χ3n) is 8.77. The molecular formula is C40H33FN10O11. The molecule has 9 N–H and O–H groups in total. The summed E-state index contributed by atoms with van der Waals surface area (Å²) >= 11 is 0. The lowest BCUT2D eigenvalue weighted by Gasteiger charge is -2.18. The van der Waals surface area contributed by atoms with Crippen LogP contribution in [0.25, 0.3) is 0 Å². The molecule has 21 nitrogen and oxygen atoms in total. The van der Waals surface area contributed by atoms with Crippen LogP contribution < -0.4 is 36.1 Å². The molecule has 6 aromatic rings. The number of aromatic carboxylic acids is 1. The first kappa shape index (κ1) is 42.7. The van der Waals surface area contributed by atoms with E-state index in [1.165, 1.54) is 80.2 Å². The molecule has 3 aromatic heterocycles. The van der Waals surface area contributed by atoms with Crippen LogP contribution in [-0.2, 0) is 11.2 Å². The Morgan fingerprint density at radius 2 is 1.24 bits per heavy atom. The largest absolute Gasteiger partial charge is 0.504 e. The van der Waals surface area contributed by atoms with E-state index in [0.29, 0.717) is 11.4 Å². The Labute approximate surface area is 348 Å². The predicted octanol–water partition coefficient (Wildman–Crippen LogP) is 3.60. The number of amides is 5. The molecule has 0 fully saturated rings. The number of nitrogens with zero attached hydrogens (tertiary/aromatic N) is 4. The van der Waals surface area contributed by atoms with E-state index in [1.807, 2.05) is 0 Å². The van der Waals surface area contributed by atoms with Crippen LogP contribution >= 0.6 is 0 Å². The summed E-state index contributed by atoms with van der Waals surface area (Å²) in [7, 11) is 2.33. The van der Waals surface area contributed by atoms with Crippen molar-refractivity contribution in [1.29, 1.82) is 0 Å². The predicted molar refractivity (Wildman–Crippen MR) is 215 cm³/mol. The van der Waals surface area contributed by atoms with Gasteiger partial charge in [-0.15, -0.1) is 0 Å². The van der Waals surface area contributed by atoms with Crippen molar-refractivity contribution in [2.24, 2.45) is 0 Å². The van der Waals surface area contributed by atoms with E-state index in [-0.39, 0.29) is 57.5 Å². The number of pyridine rings is 2. The number of phenolic OH excluding ortho intramolecular Hbond substituents is 1. The van der Waals surface area contributed by atoms with Crippen molar-refractivity contribution in [2.75, 3.05) is 35.5 Å². The zero-order valence-corrected chi connectivity index (χ0v) is 32.2. The van der Waals surface area contributed by atoms with Crippen LogP contribution in [0.4, 0.5) is 27.1 Å². The number of hydrogen-bond donors (Lipinski definition) is 9. The lowest BCUT2D eigenvalue weighted by molar-refractivity contribution is -0.118. The summed E-state index contributed by atoms with van der Waals surface area (Å²) in [5, 5.41) is 53.4. The van der Waals surface area contributed by atoms with E-state index in [2.05, 4.69) is 52.0 Å². The number of hydrogen-bond acceptors (Lipinski definition) is 14. The Morgan fingerprint density at radius 3 is 1.81 bits per heavy atom. The average molecular weight is 849 g/mol. The summed E-state index contributed by atoms with van der Waals surface area (Å²) in [4.78, 5) is 84.7. The molecule has 0 spiro atoms. The van der Waals surface area contributed by atoms with Gasteiger partial charge in [-0.05, 0) is 72.8 Å². The number of aromatic nitrogens is 5. The van der Waals surface area contributed by atoms with Crippen molar-refractivity contribution >= 4 is 58.3 Å². The SMILES string of the molecule is COc1c(NC(=O)c2ccc(NC(=O)c3ccc(NC(=O)[C@H](Cc4cn[nH]n4)NC(=O)c4ccc(NC(=O)c5ccc(F)cn5)cc4)cn3)c(OC)c2O)ccc(C(=O)O)c1O. The van der Waals surface area contributed by atoms with Crippen LogP contribution in [0.5, 0.6) is 23.0 Å². The van der Waals surface area contributed by atoms with E-state index in [0.717, 1.165) is 25.4 Å². The van der Waals surface area contributed by atoms with Crippen LogP contribution in [0.15, 0.2) is 91.4 Å². The molecule has 0 radical (unpaired) electrons. The number of carbonyl (C=O) groups is 6. The number of ether oxygens (including phenoxy) is 2. The lowest BCUT2D eigenvalue weighted by atomic mass is 10.1. The number of carbonyl (C=O) groups excluding carboxylic acids is 5. The number of aromatic amines is 1. The molecule has 316 valence electrons. The van der Waals surface area contributed by atoms with Gasteiger partial charge in [0.15, 0.2) is 23.0 Å². The molecule has 0 saturated carbocycles. The number of carboxylic acids is 1. The first-order valence-electron chi connectivity index (χ1n) is 17.9. The molecule has 6 rings (SSSR count). The number of rotatable bonds is 15. The second kappa shape index (κ2) is 18.8. The van der Waals surface area contributed by atoms with E-state index < -0.39 is 64.4 Å². The lowest BCUT2D eigenvalue weighted by Crippen LogP contribution is -2.45. The summed E-state index contributed by atoms with van der Waals surface area (Å²) in [6.07, 6.45) is 3.39. The van der Waals surface area contributed by atoms with Crippen LogP contribution in [0.3, 0.4) is 0 Å². The Hall–Kier alpha value is -8.95. The maximum atomic E-state index is 13.5. The minimum Gasteiger partial charge on any atom is -0.504 e. The highest BCUT2D eigenvalue weighted by Crippen LogP contribution is 2.40. The molecule has 0 aliphatic heterocycles. The number of benzene rings is 3. The fourth-order valence-electron chi connectivity index (χ4n) is 5.71. The van der Waals surface area contributed by atoms with Gasteiger partial charge >= 0.3 is 5.97 Å². The summed E-state index contributed by atoms with van der Waals surface area (Å²) < 4.78 is 23.5. The molecule has 0 bridgehead atoms. The monoisotopic (exact) mass is 848 g/mol. The normalized spacial score (nSPS) is 11.1. The number of carboxylic acid groups (broad SMARTS) is 1. The van der Waals surface area contributed by atoms with E-state index in [4.69, 9.17) is 9.47 Å². The van der Waals surface area contributed by atoms with E-state index in [9.17, 15) is 48.5 Å². The quantitative estimate of drug-likeness (QED) is 0.0713. The number of aromatic hydroxyl groups is 2. The fourth-order valence-corrected chi connectivity index (χ4v) is 5.71. The molecule has 5 amide bonds. The van der Waals surface area contributed by atoms with Gasteiger partial charge in [0.25, 0.3) is 23.6 Å². The van der Waals surface area contributed by atoms with Crippen molar-refractivity contribution in [3.8, 4) is 23.0 Å². The standard InChI is InChI=1S/C40H33FN10O11/c1-61-33-27(13-9-24(31(33)52)36(55)47-26-14-10-25(40(59)60)32(53)34(26)62-2)48-38(57)29-12-8-22(17-43-29)46-39(58)30(15-23-18-44-51-50-23)49-35(54)19-3-6-21(7-4-19)45-37(56)28-11-5-20(41)16-42-28/h3-14,16-18,30,52-53H,15H2,1-2H3,(H,45,56)(H,46,58)(H,47,55)(H,48,57)(H,49,54)(H,59,60)(H,44,50,51)/t30-/m0/s1. The molecule has 0 aliphatic carbocycles. The minimum atomic E-state index is -1.43. The fraction of sp³-hybridized carbons (Fsp3) is 0.100. The smallest absolute Gasteiger partial charge is 0.339 e. The van der Waals surface area contributed by atoms with Crippen LogP contribution in [0, 0.1) is 5.82 Å². The van der Waals surface area contributed by atoms with Crippen LogP contribution in [-0.4, -0.2) is 96.5 Å². The summed E-state index contributed by atoms with van der Waals surface area (Å²) in [5.74, 6) is -7.65. The zero-order valence-electron chi connectivity index (χ0n) is 32.2. The molecule has 22 heteroatoms. The number of phenols is 2. The second-order valence-corrected chi connectivity index (χ2v) is 12.8. The van der Waals surface area contributed by atoms with Crippen molar-refractivity contribution < 1.29 is 58.0 Å². The van der Waals surface area contributed by atoms with Gasteiger partial charge in [-0.2, -0.15) is 15.4 Å². The average Bonchev–Trinajstić information content (AvgIpc) is 3.77. The van der Waals surface area contributed by atoms with Gasteiger partial charge in [-0.25, -0.2) is 19.2 Å². The van der Waals surface area contributed by atoms with E-state index >= 15 is 0 Å². The summed E-state index contributed by atoms with van der Waals surface area (Å²) in [6, 6.07) is 14.2. The highest BCUT2D eigenvalue weighted by molar-refractivity contribution is 6.10. The van der Waals surface area contributed by atoms with Crippen molar-refractivity contribution in [1.82, 2.24) is 30.7 Å². The van der Waals surface area contributed by atoms with Gasteiger partial charge in [-0.3, -0.25) is 24.0 Å². The molecule has 0 saturated heterocycles. The molecule has 62 heavy (non-hydrogen) atoms. The third kappa shape index (κ3) is 9.83. The van der Waals surface area contributed by atoms with Gasteiger partial charge in [0.1, 0.15) is 28.8 Å². The number of methoxy groups -OCH3 is 2. The van der Waals surface area contributed by atoms with Crippen molar-refractivity contribution in [3.05, 3.63) is 131 Å². The summed E-state index contributed by atoms with van der Waals surface area (Å²) in [6.45, 7) is 0. The van der Waals surface area contributed by atoms with Gasteiger partial charge in [0, 0.05) is 17.7 Å². The first-order chi connectivity index (χ1) is 29.8. The number of anilines is 4. The Morgan fingerprint density at radius 1 is 0.661 bits per heavy atom. The highest BCUT2D eigenvalue weighted by Gasteiger charge is 2.26. The van der Waals surface area contributed by atoms with Gasteiger partial charge in [0.05, 0.1) is 61.1 Å². The molecule has 3 aromatic carbocycles. The Balaban J connectivity index is 1.09. The molecule has 1 atom stereocenters. The molecule has 0 unspecified atom stereocenters.